The van der Waals surface area contributed by atoms with Gasteiger partial charge in [-0.25, -0.2) is 13.1 Å². The van der Waals surface area contributed by atoms with E-state index in [-0.39, 0.29) is 17.3 Å². The summed E-state index contributed by atoms with van der Waals surface area (Å²) in [5, 5.41) is 2.51. The third kappa shape index (κ3) is 3.61. The van der Waals surface area contributed by atoms with E-state index in [1.165, 1.54) is 20.2 Å². The minimum Gasteiger partial charge on any atom is -0.399 e. The monoisotopic (exact) mass is 300 g/mol. The second kappa shape index (κ2) is 6.58. The Morgan fingerprint density at radius 2 is 2.00 bits per heavy atom. The molecule has 20 heavy (non-hydrogen) atoms. The minimum absolute atomic E-state index is 0.0609. The van der Waals surface area contributed by atoms with Gasteiger partial charge in [-0.05, 0) is 32.2 Å². The van der Waals surface area contributed by atoms with Crippen LogP contribution in [0, 0.1) is 0 Å². The predicted molar refractivity (Wildman–Crippen MR) is 79.1 cm³/mol. The Balaban J connectivity index is 3.32. The molecule has 1 amide bonds. The van der Waals surface area contributed by atoms with Gasteiger partial charge in [-0.1, -0.05) is 0 Å². The van der Waals surface area contributed by atoms with Crippen molar-refractivity contribution in [2.24, 2.45) is 0 Å². The number of nitrogens with zero attached hydrogens (tertiary/aromatic N) is 1. The number of carbonyl (C=O) groups excluding carboxylic acids is 1. The van der Waals surface area contributed by atoms with Crippen molar-refractivity contribution >= 4 is 27.3 Å². The number of likely N-dealkylation sites (N-methyl/N-ethyl adjacent to an activating group) is 2. The SMILES string of the molecule is CCN(CC(=O)NC)c1ccc(N)cc1S(=O)(=O)NC. The van der Waals surface area contributed by atoms with E-state index in [1.54, 1.807) is 17.0 Å². The summed E-state index contributed by atoms with van der Waals surface area (Å²) < 4.78 is 26.4. The smallest absolute Gasteiger partial charge is 0.242 e. The zero-order chi connectivity index (χ0) is 15.3. The van der Waals surface area contributed by atoms with Gasteiger partial charge in [-0.2, -0.15) is 0 Å². The van der Waals surface area contributed by atoms with Gasteiger partial charge >= 0.3 is 0 Å². The molecule has 1 rings (SSSR count). The summed E-state index contributed by atoms with van der Waals surface area (Å²) in [6.07, 6.45) is 0. The van der Waals surface area contributed by atoms with Gasteiger partial charge in [0.05, 0.1) is 12.2 Å². The third-order valence-electron chi connectivity index (χ3n) is 2.88. The zero-order valence-electron chi connectivity index (χ0n) is 11.8. The molecule has 8 heteroatoms. The fraction of sp³-hybridized carbons (Fsp3) is 0.417. The molecule has 0 aromatic heterocycles. The normalized spacial score (nSPS) is 11.2. The van der Waals surface area contributed by atoms with Crippen LogP contribution in [-0.4, -0.2) is 41.5 Å². The summed E-state index contributed by atoms with van der Waals surface area (Å²) in [6, 6.07) is 4.59. The van der Waals surface area contributed by atoms with Crippen LogP contribution in [0.4, 0.5) is 11.4 Å². The van der Waals surface area contributed by atoms with Gasteiger partial charge in [0.2, 0.25) is 15.9 Å². The first-order valence-corrected chi connectivity index (χ1v) is 7.62. The van der Waals surface area contributed by atoms with Crippen molar-refractivity contribution in [1.82, 2.24) is 10.0 Å². The number of benzene rings is 1. The van der Waals surface area contributed by atoms with Crippen molar-refractivity contribution in [3.8, 4) is 0 Å². The number of sulfonamides is 1. The highest BCUT2D eigenvalue weighted by Crippen LogP contribution is 2.27. The summed E-state index contributed by atoms with van der Waals surface area (Å²) in [5.41, 5.74) is 6.45. The van der Waals surface area contributed by atoms with E-state index in [1.807, 2.05) is 6.92 Å². The number of amides is 1. The molecule has 0 radical (unpaired) electrons. The van der Waals surface area contributed by atoms with Crippen molar-refractivity contribution in [2.75, 3.05) is 37.8 Å². The highest BCUT2D eigenvalue weighted by atomic mass is 32.2. The second-order valence-electron chi connectivity index (χ2n) is 4.12. The first-order valence-electron chi connectivity index (χ1n) is 6.14. The molecule has 4 N–H and O–H groups in total. The maximum atomic E-state index is 12.1. The zero-order valence-corrected chi connectivity index (χ0v) is 12.6. The standard InChI is InChI=1S/C12H20N4O3S/c1-4-16(8-12(17)14-2)10-6-5-9(13)7-11(10)20(18,19)15-3/h5-7,15H,4,8,13H2,1-3H3,(H,14,17). The molecule has 0 heterocycles. The first-order chi connectivity index (χ1) is 9.35. The number of hydrogen-bond donors (Lipinski definition) is 3. The molecule has 0 aliphatic heterocycles. The van der Waals surface area contributed by atoms with Gasteiger partial charge in [0.1, 0.15) is 4.90 Å². The number of hydrogen-bond acceptors (Lipinski definition) is 5. The van der Waals surface area contributed by atoms with Crippen molar-refractivity contribution < 1.29 is 13.2 Å². The molecule has 0 spiro atoms. The highest BCUT2D eigenvalue weighted by Gasteiger charge is 2.21. The number of nitrogens with two attached hydrogens (primary N) is 1. The van der Waals surface area contributed by atoms with E-state index in [2.05, 4.69) is 10.0 Å². The number of rotatable bonds is 6. The second-order valence-corrected chi connectivity index (χ2v) is 5.98. The molecule has 0 bridgehead atoms. The van der Waals surface area contributed by atoms with E-state index in [0.29, 0.717) is 17.9 Å². The van der Waals surface area contributed by atoms with Gasteiger partial charge in [-0.3, -0.25) is 4.79 Å². The van der Waals surface area contributed by atoms with Crippen LogP contribution in [0.25, 0.3) is 0 Å². The van der Waals surface area contributed by atoms with Crippen LogP contribution in [0.1, 0.15) is 6.92 Å². The van der Waals surface area contributed by atoms with Crippen LogP contribution in [0.3, 0.4) is 0 Å². The Bertz CT molecular complexity index is 586. The van der Waals surface area contributed by atoms with Crippen molar-refractivity contribution in [2.45, 2.75) is 11.8 Å². The summed E-state index contributed by atoms with van der Waals surface area (Å²) in [5.74, 6) is -0.198. The van der Waals surface area contributed by atoms with Gasteiger partial charge in [0.15, 0.2) is 0 Å². The van der Waals surface area contributed by atoms with Crippen LogP contribution in [0.15, 0.2) is 23.1 Å². The Morgan fingerprint density at radius 1 is 1.35 bits per heavy atom. The Hall–Kier alpha value is -1.80. The highest BCUT2D eigenvalue weighted by molar-refractivity contribution is 7.89. The predicted octanol–water partition coefficient (Wildman–Crippen LogP) is -0.251. The fourth-order valence-corrected chi connectivity index (χ4v) is 2.72. The summed E-state index contributed by atoms with van der Waals surface area (Å²) in [6.45, 7) is 2.40. The van der Waals surface area contributed by atoms with Crippen molar-refractivity contribution in [1.29, 1.82) is 0 Å². The minimum atomic E-state index is -3.65. The Morgan fingerprint density at radius 3 is 2.50 bits per heavy atom. The Labute approximate surface area is 119 Å². The number of nitrogens with one attached hydrogen (secondary N) is 2. The van der Waals surface area contributed by atoms with Gasteiger partial charge in [-0.15, -0.1) is 0 Å². The summed E-state index contributed by atoms with van der Waals surface area (Å²) >= 11 is 0. The molecule has 0 saturated heterocycles. The number of carbonyl (C=O) groups is 1. The molecule has 0 aliphatic rings. The summed E-state index contributed by atoms with van der Waals surface area (Å²) in [7, 11) is -0.790. The van der Waals surface area contributed by atoms with Crippen LogP contribution in [-0.2, 0) is 14.8 Å². The van der Waals surface area contributed by atoms with E-state index < -0.39 is 10.0 Å². The average molecular weight is 300 g/mol. The molecule has 0 atom stereocenters. The van der Waals surface area contributed by atoms with Crippen LogP contribution in [0.5, 0.6) is 0 Å². The van der Waals surface area contributed by atoms with Crippen LogP contribution < -0.4 is 20.7 Å². The maximum Gasteiger partial charge on any atom is 0.242 e. The quantitative estimate of drug-likeness (QED) is 0.628. The summed E-state index contributed by atoms with van der Waals surface area (Å²) in [4.78, 5) is 13.2. The number of nitrogen functional groups attached to an aromatic ring is 1. The number of anilines is 2. The van der Waals surface area contributed by atoms with Gasteiger partial charge in [0.25, 0.3) is 0 Å². The molecular weight excluding hydrogens is 280 g/mol. The molecular formula is C12H20N4O3S. The topological polar surface area (TPSA) is 105 Å². The largest absolute Gasteiger partial charge is 0.399 e. The molecule has 0 unspecified atom stereocenters. The van der Waals surface area contributed by atoms with E-state index >= 15 is 0 Å². The molecule has 7 nitrogen and oxygen atoms in total. The molecule has 0 saturated carbocycles. The molecule has 1 aromatic carbocycles. The van der Waals surface area contributed by atoms with Crippen molar-refractivity contribution in [3.05, 3.63) is 18.2 Å². The van der Waals surface area contributed by atoms with E-state index in [9.17, 15) is 13.2 Å². The van der Waals surface area contributed by atoms with Gasteiger partial charge in [0, 0.05) is 19.3 Å². The van der Waals surface area contributed by atoms with E-state index in [0.717, 1.165) is 0 Å². The van der Waals surface area contributed by atoms with Gasteiger partial charge < -0.3 is 16.0 Å². The lowest BCUT2D eigenvalue weighted by Gasteiger charge is -2.24. The molecule has 0 aliphatic carbocycles. The van der Waals surface area contributed by atoms with Crippen LogP contribution in [0.2, 0.25) is 0 Å². The molecule has 1 aromatic rings. The van der Waals surface area contributed by atoms with Crippen LogP contribution >= 0.6 is 0 Å². The third-order valence-corrected chi connectivity index (χ3v) is 4.32. The lowest BCUT2D eigenvalue weighted by molar-refractivity contribution is -0.119. The average Bonchev–Trinajstić information content (AvgIpc) is 2.44. The first kappa shape index (κ1) is 16.3. The lowest BCUT2D eigenvalue weighted by Crippen LogP contribution is -2.36. The fourth-order valence-electron chi connectivity index (χ4n) is 1.74. The molecule has 112 valence electrons. The Kier molecular flexibility index (Phi) is 5.34. The molecule has 0 fully saturated rings. The van der Waals surface area contributed by atoms with E-state index in [4.69, 9.17) is 5.73 Å². The van der Waals surface area contributed by atoms with Crippen molar-refractivity contribution in [3.63, 3.8) is 0 Å². The lowest BCUT2D eigenvalue weighted by atomic mass is 10.2. The maximum absolute atomic E-state index is 12.1.